The summed E-state index contributed by atoms with van der Waals surface area (Å²) in [6.07, 6.45) is 17.0. The molecular weight excluding hydrogens is 372 g/mol. The molecule has 1 atom stereocenters. The molecule has 0 fully saturated rings. The monoisotopic (exact) mass is 408 g/mol. The van der Waals surface area contributed by atoms with E-state index in [-0.39, 0.29) is 5.97 Å². The van der Waals surface area contributed by atoms with E-state index in [1.807, 2.05) is 36.7 Å². The van der Waals surface area contributed by atoms with E-state index in [2.05, 4.69) is 30.7 Å². The fraction of sp³-hybridized carbons (Fsp3) is 0.500. The van der Waals surface area contributed by atoms with Crippen LogP contribution >= 0.6 is 0 Å². The highest BCUT2D eigenvalue weighted by molar-refractivity contribution is 5.87. The molecule has 0 aliphatic rings. The van der Waals surface area contributed by atoms with Gasteiger partial charge in [-0.1, -0.05) is 83.6 Å². The van der Waals surface area contributed by atoms with Gasteiger partial charge < -0.3 is 4.74 Å². The van der Waals surface area contributed by atoms with Gasteiger partial charge in [-0.05, 0) is 36.0 Å². The van der Waals surface area contributed by atoms with Crippen LogP contribution in [-0.2, 0) is 16.0 Å². The zero-order chi connectivity index (χ0) is 21.6. The zero-order valence-electron chi connectivity index (χ0n) is 18.8. The SMILES string of the molecule is CCCCCCCCc1cnc(-c2ccc(C=CC(=O)OCC(C)CC)cc2)nc1. The highest BCUT2D eigenvalue weighted by Gasteiger charge is 2.04. The molecule has 4 heteroatoms. The summed E-state index contributed by atoms with van der Waals surface area (Å²) in [6, 6.07) is 7.88. The Morgan fingerprint density at radius 3 is 2.33 bits per heavy atom. The molecule has 0 aliphatic carbocycles. The Balaban J connectivity index is 1.81. The van der Waals surface area contributed by atoms with Gasteiger partial charge in [-0.25, -0.2) is 14.8 Å². The first-order valence-corrected chi connectivity index (χ1v) is 11.4. The van der Waals surface area contributed by atoms with Gasteiger partial charge in [0.1, 0.15) is 0 Å². The normalized spacial score (nSPS) is 12.2. The molecule has 0 saturated carbocycles. The van der Waals surface area contributed by atoms with Crippen LogP contribution in [0.25, 0.3) is 17.5 Å². The summed E-state index contributed by atoms with van der Waals surface area (Å²) in [5, 5.41) is 0. The Morgan fingerprint density at radius 2 is 1.67 bits per heavy atom. The summed E-state index contributed by atoms with van der Waals surface area (Å²) >= 11 is 0. The number of aromatic nitrogens is 2. The molecule has 1 heterocycles. The van der Waals surface area contributed by atoms with Crippen molar-refractivity contribution < 1.29 is 9.53 Å². The smallest absolute Gasteiger partial charge is 0.330 e. The Hall–Kier alpha value is -2.49. The summed E-state index contributed by atoms with van der Waals surface area (Å²) in [5.74, 6) is 0.813. The van der Waals surface area contributed by atoms with Gasteiger partial charge in [0.05, 0.1) is 6.61 Å². The molecule has 0 saturated heterocycles. The minimum absolute atomic E-state index is 0.302. The van der Waals surface area contributed by atoms with E-state index in [0.29, 0.717) is 12.5 Å². The van der Waals surface area contributed by atoms with Crippen molar-refractivity contribution in [2.24, 2.45) is 5.92 Å². The summed E-state index contributed by atoms with van der Waals surface area (Å²) in [7, 11) is 0. The molecule has 0 N–H and O–H groups in total. The van der Waals surface area contributed by atoms with Crippen LogP contribution in [0, 0.1) is 5.92 Å². The second kappa shape index (κ2) is 13.7. The van der Waals surface area contributed by atoms with Crippen LogP contribution in [-0.4, -0.2) is 22.5 Å². The minimum Gasteiger partial charge on any atom is -0.462 e. The third-order valence-electron chi connectivity index (χ3n) is 5.31. The molecule has 2 rings (SSSR count). The first-order valence-electron chi connectivity index (χ1n) is 11.4. The number of aryl methyl sites for hydroxylation is 1. The van der Waals surface area contributed by atoms with Gasteiger partial charge in [0.2, 0.25) is 0 Å². The van der Waals surface area contributed by atoms with Crippen molar-refractivity contribution in [1.29, 1.82) is 0 Å². The van der Waals surface area contributed by atoms with E-state index < -0.39 is 0 Å². The molecule has 0 radical (unpaired) electrons. The van der Waals surface area contributed by atoms with Crippen LogP contribution in [0.15, 0.2) is 42.7 Å². The second-order valence-electron chi connectivity index (χ2n) is 8.03. The van der Waals surface area contributed by atoms with Gasteiger partial charge in [0.25, 0.3) is 0 Å². The number of nitrogens with zero attached hydrogens (tertiary/aromatic N) is 2. The molecule has 0 aliphatic heterocycles. The fourth-order valence-corrected chi connectivity index (χ4v) is 3.04. The molecule has 4 nitrogen and oxygen atoms in total. The van der Waals surface area contributed by atoms with Crippen LogP contribution in [0.1, 0.15) is 76.8 Å². The van der Waals surface area contributed by atoms with Gasteiger partial charge in [-0.2, -0.15) is 0 Å². The van der Waals surface area contributed by atoms with E-state index in [0.717, 1.165) is 29.8 Å². The van der Waals surface area contributed by atoms with Crippen molar-refractivity contribution in [3.05, 3.63) is 53.9 Å². The lowest BCUT2D eigenvalue weighted by molar-refractivity contribution is -0.138. The van der Waals surface area contributed by atoms with E-state index in [1.165, 1.54) is 50.2 Å². The molecule has 2 aromatic rings. The maximum Gasteiger partial charge on any atom is 0.330 e. The maximum absolute atomic E-state index is 11.8. The van der Waals surface area contributed by atoms with E-state index in [9.17, 15) is 4.79 Å². The number of benzene rings is 1. The molecule has 30 heavy (non-hydrogen) atoms. The summed E-state index contributed by atoms with van der Waals surface area (Å²) in [6.45, 7) is 6.86. The van der Waals surface area contributed by atoms with E-state index >= 15 is 0 Å². The highest BCUT2D eigenvalue weighted by Crippen LogP contribution is 2.17. The topological polar surface area (TPSA) is 52.1 Å². The van der Waals surface area contributed by atoms with Crippen LogP contribution in [0.2, 0.25) is 0 Å². The second-order valence-corrected chi connectivity index (χ2v) is 8.03. The van der Waals surface area contributed by atoms with Crippen molar-refractivity contribution in [2.45, 2.75) is 72.1 Å². The third kappa shape index (κ3) is 8.89. The largest absolute Gasteiger partial charge is 0.462 e. The molecule has 1 unspecified atom stereocenters. The first-order chi connectivity index (χ1) is 14.6. The van der Waals surface area contributed by atoms with E-state index in [4.69, 9.17) is 4.74 Å². The average Bonchev–Trinajstić information content (AvgIpc) is 2.79. The minimum atomic E-state index is -0.302. The highest BCUT2D eigenvalue weighted by atomic mass is 16.5. The van der Waals surface area contributed by atoms with Crippen LogP contribution in [0.5, 0.6) is 0 Å². The molecule has 1 aromatic carbocycles. The van der Waals surface area contributed by atoms with Crippen molar-refractivity contribution in [2.75, 3.05) is 6.61 Å². The van der Waals surface area contributed by atoms with Crippen LogP contribution in [0.3, 0.4) is 0 Å². The third-order valence-corrected chi connectivity index (χ3v) is 5.31. The number of rotatable bonds is 13. The van der Waals surface area contributed by atoms with Gasteiger partial charge in [0.15, 0.2) is 5.82 Å². The number of hydrogen-bond acceptors (Lipinski definition) is 4. The van der Waals surface area contributed by atoms with Crippen molar-refractivity contribution in [3.8, 4) is 11.4 Å². The van der Waals surface area contributed by atoms with Crippen molar-refractivity contribution >= 4 is 12.0 Å². The van der Waals surface area contributed by atoms with E-state index in [1.54, 1.807) is 6.08 Å². The number of esters is 1. The number of ether oxygens (including phenoxy) is 1. The molecule has 1 aromatic heterocycles. The first kappa shape index (κ1) is 23.8. The lowest BCUT2D eigenvalue weighted by atomic mass is 10.1. The number of hydrogen-bond donors (Lipinski definition) is 0. The maximum atomic E-state index is 11.8. The zero-order valence-corrected chi connectivity index (χ0v) is 18.8. The van der Waals surface area contributed by atoms with Gasteiger partial charge >= 0.3 is 5.97 Å². The molecule has 0 bridgehead atoms. The Labute approximate surface area is 181 Å². The number of carbonyl (C=O) groups excluding carboxylic acids is 1. The number of unbranched alkanes of at least 4 members (excludes halogenated alkanes) is 5. The van der Waals surface area contributed by atoms with Crippen molar-refractivity contribution in [3.63, 3.8) is 0 Å². The van der Waals surface area contributed by atoms with Gasteiger partial charge in [-0.3, -0.25) is 0 Å². The standard InChI is InChI=1S/C26H36N2O2/c1-4-6-7-8-9-10-11-23-18-27-26(28-19-23)24-15-12-22(13-16-24)14-17-25(29)30-20-21(3)5-2/h12-19,21H,4-11,20H2,1-3H3. The number of carbonyl (C=O) groups is 1. The Morgan fingerprint density at radius 1 is 1.00 bits per heavy atom. The summed E-state index contributed by atoms with van der Waals surface area (Å²) in [4.78, 5) is 20.8. The predicted octanol–water partition coefficient (Wildman–Crippen LogP) is 6.65. The van der Waals surface area contributed by atoms with Crippen LogP contribution in [0.4, 0.5) is 0 Å². The predicted molar refractivity (Wildman–Crippen MR) is 124 cm³/mol. The molecule has 0 spiro atoms. The molecule has 162 valence electrons. The lowest BCUT2D eigenvalue weighted by Crippen LogP contribution is -2.08. The molecule has 0 amide bonds. The van der Waals surface area contributed by atoms with Crippen LogP contribution < -0.4 is 0 Å². The lowest BCUT2D eigenvalue weighted by Gasteiger charge is -2.07. The quantitative estimate of drug-likeness (QED) is 0.211. The Bertz CT molecular complexity index is 767. The summed E-state index contributed by atoms with van der Waals surface area (Å²) in [5.41, 5.74) is 3.11. The van der Waals surface area contributed by atoms with Gasteiger partial charge in [-0.15, -0.1) is 0 Å². The van der Waals surface area contributed by atoms with Gasteiger partial charge in [0, 0.05) is 24.0 Å². The molecular formula is C26H36N2O2. The fourth-order valence-electron chi connectivity index (χ4n) is 3.04. The van der Waals surface area contributed by atoms with Crippen molar-refractivity contribution in [1.82, 2.24) is 9.97 Å². The summed E-state index contributed by atoms with van der Waals surface area (Å²) < 4.78 is 5.23. The Kier molecular flexibility index (Phi) is 10.8. The average molecular weight is 409 g/mol.